The number of benzene rings is 2. The molecule has 0 saturated carbocycles. The number of hydrogen-bond donors (Lipinski definition) is 1. The lowest BCUT2D eigenvalue weighted by Crippen LogP contribution is -1.73. The van der Waals surface area contributed by atoms with E-state index in [1.54, 1.807) is 6.07 Å². The topological polar surface area (TPSA) is 45.0 Å². The van der Waals surface area contributed by atoms with Gasteiger partial charge in [0.1, 0.15) is 16.5 Å². The molecule has 2 rings (SSSR count). The third kappa shape index (κ3) is 2.81. The van der Waals surface area contributed by atoms with Gasteiger partial charge in [-0.2, -0.15) is 5.11 Å². The molecule has 2 aromatic carbocycles. The Morgan fingerprint density at radius 2 is 1.56 bits per heavy atom. The minimum atomic E-state index is -0.0732. The first-order valence-corrected chi connectivity index (χ1v) is 5.99. The Hall–Kier alpha value is -1.58. The van der Waals surface area contributed by atoms with E-state index < -0.39 is 0 Å². The zero-order valence-electron chi connectivity index (χ0n) is 9.56. The Morgan fingerprint density at radius 3 is 2.22 bits per heavy atom. The molecule has 18 heavy (non-hydrogen) atoms. The predicted octanol–water partition coefficient (Wildman–Crippen LogP) is 5.42. The molecule has 0 heterocycles. The van der Waals surface area contributed by atoms with Crippen molar-refractivity contribution in [2.45, 2.75) is 6.92 Å². The zero-order valence-corrected chi connectivity index (χ0v) is 11.1. The average Bonchev–Trinajstić information content (AvgIpc) is 2.37. The van der Waals surface area contributed by atoms with Crippen LogP contribution in [0.15, 0.2) is 46.6 Å². The molecule has 0 bridgehead atoms. The number of hydrogen-bond acceptors (Lipinski definition) is 3. The molecule has 1 N–H and O–H groups in total. The molecule has 0 aliphatic rings. The van der Waals surface area contributed by atoms with E-state index in [2.05, 4.69) is 10.2 Å². The number of nitrogens with zero attached hydrogens (tertiary/aromatic N) is 2. The summed E-state index contributed by atoms with van der Waals surface area (Å²) in [5, 5.41) is 17.7. The van der Waals surface area contributed by atoms with Crippen molar-refractivity contribution < 1.29 is 5.11 Å². The molecule has 0 unspecified atom stereocenters. The van der Waals surface area contributed by atoms with Gasteiger partial charge in [0.05, 0.1) is 10.7 Å². The van der Waals surface area contributed by atoms with Gasteiger partial charge in [-0.15, -0.1) is 5.11 Å². The molecular weight excluding hydrogens is 271 g/mol. The van der Waals surface area contributed by atoms with Crippen molar-refractivity contribution >= 4 is 34.6 Å². The van der Waals surface area contributed by atoms with Gasteiger partial charge in [-0.25, -0.2) is 0 Å². The Labute approximate surface area is 115 Å². The minimum absolute atomic E-state index is 0.0732. The zero-order chi connectivity index (χ0) is 13.1. The van der Waals surface area contributed by atoms with Gasteiger partial charge in [0, 0.05) is 0 Å². The molecule has 0 aromatic heterocycles. The van der Waals surface area contributed by atoms with Gasteiger partial charge >= 0.3 is 0 Å². The quantitative estimate of drug-likeness (QED) is 0.733. The molecule has 0 aliphatic carbocycles. The molecule has 0 aliphatic heterocycles. The highest BCUT2D eigenvalue weighted by Crippen LogP contribution is 2.38. The van der Waals surface area contributed by atoms with Crippen LogP contribution in [0.2, 0.25) is 10.0 Å². The Bertz CT molecular complexity index is 595. The van der Waals surface area contributed by atoms with Crippen LogP contribution in [0.25, 0.3) is 0 Å². The highest BCUT2D eigenvalue weighted by atomic mass is 35.5. The Morgan fingerprint density at radius 1 is 0.889 bits per heavy atom. The van der Waals surface area contributed by atoms with E-state index in [-0.39, 0.29) is 15.8 Å². The summed E-state index contributed by atoms with van der Waals surface area (Å²) in [7, 11) is 0. The van der Waals surface area contributed by atoms with Crippen LogP contribution in [0.3, 0.4) is 0 Å². The maximum atomic E-state index is 9.35. The lowest BCUT2D eigenvalue weighted by atomic mass is 10.2. The summed E-state index contributed by atoms with van der Waals surface area (Å²) in [6, 6.07) is 10.6. The van der Waals surface area contributed by atoms with Crippen LogP contribution in [0, 0.1) is 6.92 Å². The summed E-state index contributed by atoms with van der Waals surface area (Å²) < 4.78 is 0. The monoisotopic (exact) mass is 280 g/mol. The van der Waals surface area contributed by atoms with Crippen LogP contribution < -0.4 is 0 Å². The number of rotatable bonds is 2. The van der Waals surface area contributed by atoms with Crippen molar-refractivity contribution in [2.24, 2.45) is 10.2 Å². The van der Waals surface area contributed by atoms with Crippen molar-refractivity contribution in [3.05, 3.63) is 52.0 Å². The van der Waals surface area contributed by atoms with Crippen molar-refractivity contribution in [1.29, 1.82) is 0 Å². The lowest BCUT2D eigenvalue weighted by Gasteiger charge is -2.01. The summed E-state index contributed by atoms with van der Waals surface area (Å²) in [4.78, 5) is 0. The smallest absolute Gasteiger partial charge is 0.135 e. The molecule has 0 radical (unpaired) electrons. The van der Waals surface area contributed by atoms with Crippen LogP contribution in [0.4, 0.5) is 11.4 Å². The van der Waals surface area contributed by atoms with Gasteiger partial charge in [-0.05, 0) is 31.2 Å². The van der Waals surface area contributed by atoms with Gasteiger partial charge in [-0.1, -0.05) is 40.9 Å². The molecule has 3 nitrogen and oxygen atoms in total. The summed E-state index contributed by atoms with van der Waals surface area (Å²) >= 11 is 11.7. The van der Waals surface area contributed by atoms with E-state index in [9.17, 15) is 5.11 Å². The lowest BCUT2D eigenvalue weighted by molar-refractivity contribution is 0.475. The number of aryl methyl sites for hydroxylation is 1. The van der Waals surface area contributed by atoms with Gasteiger partial charge in [-0.3, -0.25) is 0 Å². The molecule has 0 fully saturated rings. The minimum Gasteiger partial charge on any atom is -0.506 e. The van der Waals surface area contributed by atoms with E-state index in [0.29, 0.717) is 5.69 Å². The maximum Gasteiger partial charge on any atom is 0.135 e. The molecule has 2 aromatic rings. The summed E-state index contributed by atoms with van der Waals surface area (Å²) in [6.07, 6.45) is 0. The highest BCUT2D eigenvalue weighted by molar-refractivity contribution is 6.44. The largest absolute Gasteiger partial charge is 0.506 e. The Kier molecular flexibility index (Phi) is 3.84. The molecule has 0 amide bonds. The second kappa shape index (κ2) is 5.38. The van der Waals surface area contributed by atoms with Crippen LogP contribution in [-0.4, -0.2) is 5.11 Å². The molecule has 92 valence electrons. The van der Waals surface area contributed by atoms with Crippen molar-refractivity contribution in [1.82, 2.24) is 0 Å². The molecule has 0 saturated heterocycles. The van der Waals surface area contributed by atoms with E-state index in [1.165, 1.54) is 6.07 Å². The first-order valence-electron chi connectivity index (χ1n) is 5.23. The number of phenols is 1. The summed E-state index contributed by atoms with van der Waals surface area (Å²) in [5.41, 5.74) is 2.29. The van der Waals surface area contributed by atoms with Crippen LogP contribution in [0.5, 0.6) is 5.75 Å². The number of azo groups is 1. The number of phenolic OH excluding ortho intramolecular Hbond substituents is 1. The number of halogens is 2. The van der Waals surface area contributed by atoms with Crippen LogP contribution in [-0.2, 0) is 0 Å². The van der Waals surface area contributed by atoms with E-state index in [4.69, 9.17) is 23.2 Å². The molecular formula is C13H10Cl2N2O. The van der Waals surface area contributed by atoms with Gasteiger partial charge in [0.25, 0.3) is 0 Å². The van der Waals surface area contributed by atoms with Gasteiger partial charge in [0.15, 0.2) is 0 Å². The first-order chi connectivity index (χ1) is 8.58. The van der Waals surface area contributed by atoms with Crippen molar-refractivity contribution in [3.63, 3.8) is 0 Å². The van der Waals surface area contributed by atoms with Crippen LogP contribution >= 0.6 is 23.2 Å². The van der Waals surface area contributed by atoms with E-state index in [0.717, 1.165) is 11.3 Å². The Balaban J connectivity index is 2.29. The molecule has 0 spiro atoms. The fourth-order valence-electron chi connectivity index (χ4n) is 1.33. The average molecular weight is 281 g/mol. The third-order valence-electron chi connectivity index (χ3n) is 2.35. The number of aromatic hydroxyl groups is 1. The maximum absolute atomic E-state index is 9.35. The van der Waals surface area contributed by atoms with Crippen molar-refractivity contribution in [2.75, 3.05) is 0 Å². The van der Waals surface area contributed by atoms with Crippen LogP contribution in [0.1, 0.15) is 5.56 Å². The third-order valence-corrected chi connectivity index (χ3v) is 3.21. The molecule has 5 heteroatoms. The first kappa shape index (κ1) is 12.9. The highest BCUT2D eigenvalue weighted by Gasteiger charge is 2.08. The van der Waals surface area contributed by atoms with Crippen molar-refractivity contribution in [3.8, 4) is 5.75 Å². The molecule has 0 atom stereocenters. The SMILES string of the molecule is Cc1ccc(N=Nc2ccc(O)c(Cl)c2Cl)cc1. The second-order valence-electron chi connectivity index (χ2n) is 3.77. The second-order valence-corrected chi connectivity index (χ2v) is 4.52. The normalized spacial score (nSPS) is 11.1. The summed E-state index contributed by atoms with van der Waals surface area (Å²) in [5.74, 6) is -0.0732. The van der Waals surface area contributed by atoms with E-state index in [1.807, 2.05) is 31.2 Å². The van der Waals surface area contributed by atoms with Gasteiger partial charge in [0.2, 0.25) is 0 Å². The standard InChI is InChI=1S/C13H10Cl2N2O/c1-8-2-4-9(5-3-8)16-17-10-6-7-11(18)13(15)12(10)14/h2-7,18H,1H3. The predicted molar refractivity (Wildman–Crippen MR) is 73.5 cm³/mol. The fraction of sp³-hybridized carbons (Fsp3) is 0.0769. The van der Waals surface area contributed by atoms with Gasteiger partial charge < -0.3 is 5.11 Å². The fourth-order valence-corrected chi connectivity index (χ4v) is 1.69. The summed E-state index contributed by atoms with van der Waals surface area (Å²) in [6.45, 7) is 2.00. The van der Waals surface area contributed by atoms with E-state index >= 15 is 0 Å².